The van der Waals surface area contributed by atoms with Gasteiger partial charge in [0, 0.05) is 11.1 Å². The minimum absolute atomic E-state index is 0.275. The summed E-state index contributed by atoms with van der Waals surface area (Å²) in [5.41, 5.74) is -2.90. The molecule has 0 aromatic rings. The predicted molar refractivity (Wildman–Crippen MR) is 66.9 cm³/mol. The second kappa shape index (κ2) is 3.69. The van der Waals surface area contributed by atoms with Gasteiger partial charge in [0.15, 0.2) is 0 Å². The molecule has 0 saturated carbocycles. The minimum Gasteiger partial charge on any atom is -0.481 e. The van der Waals surface area contributed by atoms with Gasteiger partial charge in [-0.2, -0.15) is 0 Å². The van der Waals surface area contributed by atoms with E-state index in [4.69, 9.17) is 0 Å². The van der Waals surface area contributed by atoms with Gasteiger partial charge in [0.25, 0.3) is 0 Å². The van der Waals surface area contributed by atoms with Crippen molar-refractivity contribution >= 4 is 5.97 Å². The first-order chi connectivity index (χ1) is 7.31. The van der Waals surface area contributed by atoms with Crippen molar-refractivity contribution in [2.75, 3.05) is 0 Å². The van der Waals surface area contributed by atoms with E-state index in [1.165, 1.54) is 0 Å². The number of rotatable bonds is 2. The zero-order valence-electron chi connectivity index (χ0n) is 11.7. The fourth-order valence-electron chi connectivity index (χ4n) is 3.17. The number of carboxylic acids is 1. The third-order valence-corrected chi connectivity index (χ3v) is 3.84. The van der Waals surface area contributed by atoms with Crippen LogP contribution in [0.4, 0.5) is 0 Å². The summed E-state index contributed by atoms with van der Waals surface area (Å²) in [5.74, 6) is -0.950. The first-order valence-electron chi connectivity index (χ1n) is 6.07. The molecule has 3 N–H and O–H groups in total. The number of nitrogens with one attached hydrogen (secondary N) is 1. The van der Waals surface area contributed by atoms with Crippen LogP contribution in [0, 0.1) is 5.41 Å². The topological polar surface area (TPSA) is 69.6 Å². The van der Waals surface area contributed by atoms with Crippen LogP contribution in [0.1, 0.15) is 54.4 Å². The molecule has 1 fully saturated rings. The van der Waals surface area contributed by atoms with E-state index >= 15 is 0 Å². The molecule has 1 rings (SSSR count). The summed E-state index contributed by atoms with van der Waals surface area (Å²) in [5, 5.41) is 23.6. The van der Waals surface area contributed by atoms with Crippen molar-refractivity contribution in [1.82, 2.24) is 5.32 Å². The third-order valence-electron chi connectivity index (χ3n) is 3.84. The maximum absolute atomic E-state index is 11.4. The normalized spacial score (nSPS) is 26.5. The maximum atomic E-state index is 11.4. The van der Waals surface area contributed by atoms with Gasteiger partial charge in [-0.3, -0.25) is 4.79 Å². The first kappa shape index (κ1) is 14.5. The van der Waals surface area contributed by atoms with Crippen molar-refractivity contribution in [3.8, 4) is 0 Å². The highest BCUT2D eigenvalue weighted by molar-refractivity contribution is 5.75. The largest absolute Gasteiger partial charge is 0.481 e. The fraction of sp³-hybridized carbons (Fsp3) is 0.923. The van der Waals surface area contributed by atoms with Gasteiger partial charge < -0.3 is 15.5 Å². The van der Waals surface area contributed by atoms with E-state index in [0.29, 0.717) is 12.8 Å². The van der Waals surface area contributed by atoms with Crippen LogP contribution in [0.5, 0.6) is 0 Å². The highest BCUT2D eigenvalue weighted by Crippen LogP contribution is 2.46. The highest BCUT2D eigenvalue weighted by atomic mass is 16.4. The summed E-state index contributed by atoms with van der Waals surface area (Å²) in [6, 6.07) is 0. The number of carbonyl (C=O) groups is 1. The SMILES string of the molecule is CC1(C)CC(O)(C(C)(C)C(=O)O)CC(C)(C)N1. The summed E-state index contributed by atoms with van der Waals surface area (Å²) in [6.07, 6.45) is 0.867. The van der Waals surface area contributed by atoms with E-state index in [0.717, 1.165) is 0 Å². The molecule has 4 heteroatoms. The molecule has 0 aromatic heterocycles. The molecule has 0 spiro atoms. The Bertz CT molecular complexity index is 316. The van der Waals surface area contributed by atoms with Gasteiger partial charge in [0.2, 0.25) is 0 Å². The summed E-state index contributed by atoms with van der Waals surface area (Å²) < 4.78 is 0. The van der Waals surface area contributed by atoms with Crippen molar-refractivity contribution in [2.45, 2.75) is 71.1 Å². The molecule has 1 aliphatic heterocycles. The number of aliphatic hydroxyl groups is 1. The number of piperidine rings is 1. The molecule has 100 valence electrons. The number of hydrogen-bond donors (Lipinski definition) is 3. The van der Waals surface area contributed by atoms with Gasteiger partial charge in [0.05, 0.1) is 11.0 Å². The number of carboxylic acid groups (broad SMARTS) is 1. The lowest BCUT2D eigenvalue weighted by Gasteiger charge is -2.54. The van der Waals surface area contributed by atoms with Crippen molar-refractivity contribution in [2.24, 2.45) is 5.41 Å². The highest BCUT2D eigenvalue weighted by Gasteiger charge is 2.56. The van der Waals surface area contributed by atoms with Gasteiger partial charge in [-0.15, -0.1) is 0 Å². The van der Waals surface area contributed by atoms with Crippen LogP contribution in [0.3, 0.4) is 0 Å². The van der Waals surface area contributed by atoms with Crippen molar-refractivity contribution < 1.29 is 15.0 Å². The zero-order chi connectivity index (χ0) is 13.7. The van der Waals surface area contributed by atoms with Crippen LogP contribution >= 0.6 is 0 Å². The van der Waals surface area contributed by atoms with Crippen molar-refractivity contribution in [1.29, 1.82) is 0 Å². The van der Waals surface area contributed by atoms with E-state index in [1.54, 1.807) is 13.8 Å². The van der Waals surface area contributed by atoms with E-state index < -0.39 is 17.0 Å². The molecule has 4 nitrogen and oxygen atoms in total. The Balaban J connectivity index is 3.16. The van der Waals surface area contributed by atoms with E-state index in [2.05, 4.69) is 5.32 Å². The molecule has 1 saturated heterocycles. The monoisotopic (exact) mass is 243 g/mol. The van der Waals surface area contributed by atoms with Crippen LogP contribution in [-0.4, -0.2) is 32.9 Å². The van der Waals surface area contributed by atoms with Crippen LogP contribution in [-0.2, 0) is 4.79 Å². The first-order valence-corrected chi connectivity index (χ1v) is 6.07. The fourth-order valence-corrected chi connectivity index (χ4v) is 3.17. The second-order valence-electron chi connectivity index (χ2n) is 7.21. The lowest BCUT2D eigenvalue weighted by atomic mass is 9.61. The lowest BCUT2D eigenvalue weighted by molar-refractivity contribution is -0.177. The van der Waals surface area contributed by atoms with E-state index in [1.807, 2.05) is 27.7 Å². The summed E-state index contributed by atoms with van der Waals surface area (Å²) in [6.45, 7) is 11.2. The molecule has 0 aromatic carbocycles. The zero-order valence-corrected chi connectivity index (χ0v) is 11.7. The Labute approximate surface area is 103 Å². The molecule has 17 heavy (non-hydrogen) atoms. The van der Waals surface area contributed by atoms with E-state index in [-0.39, 0.29) is 11.1 Å². The smallest absolute Gasteiger partial charge is 0.312 e. The van der Waals surface area contributed by atoms with Crippen LogP contribution < -0.4 is 5.32 Å². The molecule has 0 amide bonds. The van der Waals surface area contributed by atoms with Crippen LogP contribution in [0.25, 0.3) is 0 Å². The van der Waals surface area contributed by atoms with Crippen LogP contribution in [0.2, 0.25) is 0 Å². The summed E-state index contributed by atoms with van der Waals surface area (Å²) >= 11 is 0. The minimum atomic E-state index is -1.20. The number of hydrogen-bond acceptors (Lipinski definition) is 3. The van der Waals surface area contributed by atoms with E-state index in [9.17, 15) is 15.0 Å². The summed E-state index contributed by atoms with van der Waals surface area (Å²) in [7, 11) is 0. The predicted octanol–water partition coefficient (Wildman–Crippen LogP) is 1.77. The molecule has 1 aliphatic rings. The van der Waals surface area contributed by atoms with Crippen LogP contribution in [0.15, 0.2) is 0 Å². The Morgan fingerprint density at radius 2 is 1.47 bits per heavy atom. The Kier molecular flexibility index (Phi) is 3.14. The van der Waals surface area contributed by atoms with Gasteiger partial charge in [-0.1, -0.05) is 0 Å². The Hall–Kier alpha value is -0.610. The van der Waals surface area contributed by atoms with Gasteiger partial charge >= 0.3 is 5.97 Å². The Morgan fingerprint density at radius 1 is 1.12 bits per heavy atom. The van der Waals surface area contributed by atoms with Crippen molar-refractivity contribution in [3.63, 3.8) is 0 Å². The van der Waals surface area contributed by atoms with Crippen molar-refractivity contribution in [3.05, 3.63) is 0 Å². The molecule has 0 aliphatic carbocycles. The Morgan fingerprint density at radius 3 is 1.76 bits per heavy atom. The van der Waals surface area contributed by atoms with Gasteiger partial charge in [-0.25, -0.2) is 0 Å². The quantitative estimate of drug-likeness (QED) is 0.691. The molecular weight excluding hydrogens is 218 g/mol. The third kappa shape index (κ3) is 2.63. The molecular formula is C13H25NO3. The van der Waals surface area contributed by atoms with Gasteiger partial charge in [-0.05, 0) is 54.4 Å². The molecule has 1 heterocycles. The maximum Gasteiger partial charge on any atom is 0.312 e. The lowest BCUT2D eigenvalue weighted by Crippen LogP contribution is -2.68. The van der Waals surface area contributed by atoms with Gasteiger partial charge in [0.1, 0.15) is 0 Å². The summed E-state index contributed by atoms with van der Waals surface area (Å²) in [4.78, 5) is 11.4. The molecule has 0 radical (unpaired) electrons. The second-order valence-corrected chi connectivity index (χ2v) is 7.21. The average Bonchev–Trinajstić information content (AvgIpc) is 1.95. The standard InChI is InChI=1S/C13H25NO3/c1-10(2)7-13(17,8-11(3,4)14-10)12(5,6)9(15)16/h14,17H,7-8H2,1-6H3,(H,15,16). The number of aliphatic carboxylic acids is 1. The molecule has 0 unspecified atom stereocenters. The average molecular weight is 243 g/mol. The molecule has 0 atom stereocenters. The molecule has 0 bridgehead atoms.